The SMILES string of the molecule is O=C(Cn1ncnn1)N1CCC(c2ccc(Cl)cc2Cl)CC1. The Morgan fingerprint density at radius 1 is 1.27 bits per heavy atom. The molecule has 1 aliphatic rings. The fourth-order valence-electron chi connectivity index (χ4n) is 2.75. The number of carbonyl (C=O) groups excluding carboxylic acids is 1. The van der Waals surface area contributed by atoms with Gasteiger partial charge >= 0.3 is 0 Å². The van der Waals surface area contributed by atoms with Crippen LogP contribution in [0.4, 0.5) is 0 Å². The molecule has 0 N–H and O–H groups in total. The van der Waals surface area contributed by atoms with E-state index in [9.17, 15) is 4.79 Å². The third kappa shape index (κ3) is 3.39. The lowest BCUT2D eigenvalue weighted by molar-refractivity contribution is -0.133. The Hall–Kier alpha value is -1.66. The van der Waals surface area contributed by atoms with Crippen LogP contribution in [0.25, 0.3) is 0 Å². The van der Waals surface area contributed by atoms with E-state index in [2.05, 4.69) is 15.4 Å². The van der Waals surface area contributed by atoms with Crippen molar-refractivity contribution >= 4 is 29.1 Å². The van der Waals surface area contributed by atoms with Gasteiger partial charge in [-0.05, 0) is 41.7 Å². The predicted molar refractivity (Wildman–Crippen MR) is 82.8 cm³/mol. The Morgan fingerprint density at radius 3 is 2.68 bits per heavy atom. The van der Waals surface area contributed by atoms with Crippen LogP contribution in [0.15, 0.2) is 24.5 Å². The molecule has 0 spiro atoms. The van der Waals surface area contributed by atoms with E-state index in [1.54, 1.807) is 6.07 Å². The number of likely N-dealkylation sites (tertiary alicyclic amines) is 1. The molecule has 0 aliphatic carbocycles. The van der Waals surface area contributed by atoms with Gasteiger partial charge in [0.2, 0.25) is 5.91 Å². The van der Waals surface area contributed by atoms with Gasteiger partial charge < -0.3 is 4.90 Å². The summed E-state index contributed by atoms with van der Waals surface area (Å²) in [6.45, 7) is 1.54. The van der Waals surface area contributed by atoms with E-state index in [1.165, 1.54) is 11.1 Å². The highest BCUT2D eigenvalue weighted by atomic mass is 35.5. The number of amides is 1. The van der Waals surface area contributed by atoms with Gasteiger partial charge in [-0.25, -0.2) is 0 Å². The zero-order valence-electron chi connectivity index (χ0n) is 11.8. The van der Waals surface area contributed by atoms with Gasteiger partial charge in [0.25, 0.3) is 0 Å². The maximum absolute atomic E-state index is 12.2. The largest absolute Gasteiger partial charge is 0.341 e. The number of hydrogen-bond donors (Lipinski definition) is 0. The fourth-order valence-corrected chi connectivity index (χ4v) is 3.32. The summed E-state index contributed by atoms with van der Waals surface area (Å²) in [5, 5.41) is 12.5. The molecule has 1 saturated heterocycles. The third-order valence-electron chi connectivity index (χ3n) is 3.92. The Labute approximate surface area is 138 Å². The molecule has 1 fully saturated rings. The van der Waals surface area contributed by atoms with Crippen molar-refractivity contribution in [1.29, 1.82) is 0 Å². The number of tetrazole rings is 1. The minimum Gasteiger partial charge on any atom is -0.341 e. The van der Waals surface area contributed by atoms with Crippen LogP contribution in [0.3, 0.4) is 0 Å². The van der Waals surface area contributed by atoms with Gasteiger partial charge in [0.05, 0.1) is 0 Å². The van der Waals surface area contributed by atoms with E-state index in [4.69, 9.17) is 23.2 Å². The highest BCUT2D eigenvalue weighted by molar-refractivity contribution is 6.35. The van der Waals surface area contributed by atoms with Crippen molar-refractivity contribution in [3.8, 4) is 0 Å². The summed E-state index contributed by atoms with van der Waals surface area (Å²) in [5.41, 5.74) is 1.11. The normalized spacial score (nSPS) is 16.0. The molecule has 0 saturated carbocycles. The summed E-state index contributed by atoms with van der Waals surface area (Å²) in [4.78, 5) is 15.3. The molecule has 0 unspecified atom stereocenters. The molecule has 22 heavy (non-hydrogen) atoms. The van der Waals surface area contributed by atoms with Crippen LogP contribution in [0.2, 0.25) is 10.0 Å². The zero-order chi connectivity index (χ0) is 15.5. The number of carbonyl (C=O) groups is 1. The van der Waals surface area contributed by atoms with Crippen molar-refractivity contribution in [2.45, 2.75) is 25.3 Å². The number of benzene rings is 1. The van der Waals surface area contributed by atoms with E-state index in [0.717, 1.165) is 18.4 Å². The maximum atomic E-state index is 12.2. The van der Waals surface area contributed by atoms with Crippen LogP contribution in [0.5, 0.6) is 0 Å². The predicted octanol–water partition coefficient (Wildman–Crippen LogP) is 2.39. The fraction of sp³-hybridized carbons (Fsp3) is 0.429. The van der Waals surface area contributed by atoms with Gasteiger partial charge in [-0.3, -0.25) is 4.79 Å². The molecule has 1 aromatic heterocycles. The van der Waals surface area contributed by atoms with Crippen LogP contribution in [-0.4, -0.2) is 44.1 Å². The molecule has 3 rings (SSSR count). The number of rotatable bonds is 3. The summed E-state index contributed by atoms with van der Waals surface area (Å²) < 4.78 is 0. The van der Waals surface area contributed by atoms with E-state index in [0.29, 0.717) is 29.1 Å². The number of halogens is 2. The Morgan fingerprint density at radius 2 is 2.05 bits per heavy atom. The smallest absolute Gasteiger partial charge is 0.246 e. The van der Waals surface area contributed by atoms with Crippen LogP contribution in [0.1, 0.15) is 24.3 Å². The molecule has 116 valence electrons. The number of piperidine rings is 1. The van der Waals surface area contributed by atoms with Crippen molar-refractivity contribution in [3.05, 3.63) is 40.1 Å². The Balaban J connectivity index is 1.59. The first-order chi connectivity index (χ1) is 10.6. The van der Waals surface area contributed by atoms with Crippen molar-refractivity contribution in [3.63, 3.8) is 0 Å². The second-order valence-electron chi connectivity index (χ2n) is 5.29. The topological polar surface area (TPSA) is 63.9 Å². The van der Waals surface area contributed by atoms with Gasteiger partial charge in [-0.1, -0.05) is 29.3 Å². The standard InChI is InChI=1S/C14H15Cl2N5O/c15-11-1-2-12(13(16)7-11)10-3-5-20(6-4-10)14(22)8-21-18-9-17-19-21/h1-2,7,9-10H,3-6,8H2. The maximum Gasteiger partial charge on any atom is 0.246 e. The average molecular weight is 340 g/mol. The van der Waals surface area contributed by atoms with Crippen molar-refractivity contribution in [2.75, 3.05) is 13.1 Å². The summed E-state index contributed by atoms with van der Waals surface area (Å²) >= 11 is 12.2. The van der Waals surface area contributed by atoms with Crippen LogP contribution >= 0.6 is 23.2 Å². The summed E-state index contributed by atoms with van der Waals surface area (Å²) in [6, 6.07) is 5.61. The van der Waals surface area contributed by atoms with Gasteiger partial charge in [0.1, 0.15) is 6.54 Å². The molecule has 1 aliphatic heterocycles. The first kappa shape index (κ1) is 15.2. The molecular weight excluding hydrogens is 325 g/mol. The van der Waals surface area contributed by atoms with Gasteiger partial charge in [0.15, 0.2) is 6.33 Å². The van der Waals surface area contributed by atoms with Gasteiger partial charge in [0, 0.05) is 23.1 Å². The van der Waals surface area contributed by atoms with E-state index >= 15 is 0 Å². The second kappa shape index (κ2) is 6.62. The molecule has 2 aromatic rings. The van der Waals surface area contributed by atoms with E-state index in [-0.39, 0.29) is 12.5 Å². The number of nitrogens with zero attached hydrogens (tertiary/aromatic N) is 5. The van der Waals surface area contributed by atoms with Crippen LogP contribution < -0.4 is 0 Å². The third-order valence-corrected chi connectivity index (χ3v) is 4.48. The zero-order valence-corrected chi connectivity index (χ0v) is 13.3. The van der Waals surface area contributed by atoms with E-state index < -0.39 is 0 Å². The van der Waals surface area contributed by atoms with Crippen LogP contribution in [-0.2, 0) is 11.3 Å². The quantitative estimate of drug-likeness (QED) is 0.861. The molecule has 1 amide bonds. The minimum atomic E-state index is 0.0126. The molecular formula is C14H15Cl2N5O. The lowest BCUT2D eigenvalue weighted by Gasteiger charge is -2.32. The molecule has 0 radical (unpaired) electrons. The molecule has 8 heteroatoms. The van der Waals surface area contributed by atoms with Gasteiger partial charge in [-0.2, -0.15) is 4.80 Å². The lowest BCUT2D eigenvalue weighted by Crippen LogP contribution is -2.40. The van der Waals surface area contributed by atoms with Crippen molar-refractivity contribution in [1.82, 2.24) is 25.1 Å². The lowest BCUT2D eigenvalue weighted by atomic mass is 9.89. The Kier molecular flexibility index (Phi) is 4.59. The number of aromatic nitrogens is 4. The first-order valence-electron chi connectivity index (χ1n) is 7.07. The molecule has 0 atom stereocenters. The summed E-state index contributed by atoms with van der Waals surface area (Å²) in [5.74, 6) is 0.372. The average Bonchev–Trinajstić information content (AvgIpc) is 3.00. The van der Waals surface area contributed by atoms with E-state index in [1.807, 2.05) is 17.0 Å². The number of hydrogen-bond acceptors (Lipinski definition) is 4. The molecule has 1 aromatic carbocycles. The monoisotopic (exact) mass is 339 g/mol. The van der Waals surface area contributed by atoms with Crippen LogP contribution in [0, 0.1) is 0 Å². The molecule has 0 bridgehead atoms. The van der Waals surface area contributed by atoms with Crippen molar-refractivity contribution < 1.29 is 4.79 Å². The van der Waals surface area contributed by atoms with Gasteiger partial charge in [-0.15, -0.1) is 10.2 Å². The Bertz CT molecular complexity index is 653. The highest BCUT2D eigenvalue weighted by Crippen LogP contribution is 2.34. The second-order valence-corrected chi connectivity index (χ2v) is 6.13. The summed E-state index contributed by atoms with van der Waals surface area (Å²) in [7, 11) is 0. The molecule has 6 nitrogen and oxygen atoms in total. The van der Waals surface area contributed by atoms with Crippen molar-refractivity contribution in [2.24, 2.45) is 0 Å². The summed E-state index contributed by atoms with van der Waals surface area (Å²) in [6.07, 6.45) is 3.10. The minimum absolute atomic E-state index is 0.0126. The molecule has 2 heterocycles. The first-order valence-corrected chi connectivity index (χ1v) is 7.82. The highest BCUT2D eigenvalue weighted by Gasteiger charge is 2.25.